The van der Waals surface area contributed by atoms with Gasteiger partial charge in [-0.15, -0.1) is 0 Å². The van der Waals surface area contributed by atoms with Gasteiger partial charge in [0, 0.05) is 25.3 Å². The zero-order valence-electron chi connectivity index (χ0n) is 7.61. The van der Waals surface area contributed by atoms with E-state index >= 15 is 0 Å². The minimum atomic E-state index is -0.755. The van der Waals surface area contributed by atoms with Crippen molar-refractivity contribution >= 4 is 6.09 Å². The molecule has 1 aliphatic carbocycles. The third-order valence-electron chi connectivity index (χ3n) is 2.75. The molecule has 2 fully saturated rings. The van der Waals surface area contributed by atoms with Crippen LogP contribution in [0.3, 0.4) is 0 Å². The summed E-state index contributed by atoms with van der Waals surface area (Å²) in [7, 11) is 0. The van der Waals surface area contributed by atoms with E-state index in [9.17, 15) is 4.79 Å². The minimum absolute atomic E-state index is 0.207. The molecule has 0 aromatic heterocycles. The second-order valence-electron chi connectivity index (χ2n) is 3.76. The topological polar surface area (TPSA) is 49.8 Å². The lowest BCUT2D eigenvalue weighted by Gasteiger charge is -2.32. The molecule has 1 N–H and O–H groups in total. The highest BCUT2D eigenvalue weighted by Crippen LogP contribution is 2.31. The molecule has 1 heterocycles. The lowest BCUT2D eigenvalue weighted by Crippen LogP contribution is -2.44. The number of ether oxygens (including phenoxy) is 1. The zero-order chi connectivity index (χ0) is 9.26. The van der Waals surface area contributed by atoms with Gasteiger partial charge in [0.2, 0.25) is 0 Å². The molecule has 1 saturated carbocycles. The average molecular weight is 185 g/mol. The summed E-state index contributed by atoms with van der Waals surface area (Å²) in [4.78, 5) is 12.6. The zero-order valence-corrected chi connectivity index (χ0v) is 7.61. The van der Waals surface area contributed by atoms with Crippen LogP contribution in [0.5, 0.6) is 0 Å². The minimum Gasteiger partial charge on any atom is -0.465 e. The van der Waals surface area contributed by atoms with E-state index in [-0.39, 0.29) is 6.04 Å². The molecule has 74 valence electrons. The number of carbonyl (C=O) groups is 1. The second-order valence-corrected chi connectivity index (χ2v) is 3.76. The predicted molar refractivity (Wildman–Crippen MR) is 46.7 cm³/mol. The van der Waals surface area contributed by atoms with Crippen molar-refractivity contribution in [1.82, 2.24) is 4.90 Å². The smallest absolute Gasteiger partial charge is 0.407 e. The SMILES string of the molecule is O=C(O)N(C1CCOCC1)C1CC1. The summed E-state index contributed by atoms with van der Waals surface area (Å²) in [5.74, 6) is 0. The Kier molecular flexibility index (Phi) is 2.40. The molecule has 4 heteroatoms. The lowest BCUT2D eigenvalue weighted by atomic mass is 10.1. The summed E-state index contributed by atoms with van der Waals surface area (Å²) in [5.41, 5.74) is 0. The lowest BCUT2D eigenvalue weighted by molar-refractivity contribution is 0.0331. The summed E-state index contributed by atoms with van der Waals surface area (Å²) < 4.78 is 5.21. The largest absolute Gasteiger partial charge is 0.465 e. The highest BCUT2D eigenvalue weighted by atomic mass is 16.5. The highest BCUT2D eigenvalue weighted by Gasteiger charge is 2.37. The quantitative estimate of drug-likeness (QED) is 0.705. The molecule has 1 amide bonds. The molecule has 1 aliphatic heterocycles. The van der Waals surface area contributed by atoms with Gasteiger partial charge >= 0.3 is 6.09 Å². The fourth-order valence-corrected chi connectivity index (χ4v) is 1.93. The summed E-state index contributed by atoms with van der Waals surface area (Å²) >= 11 is 0. The van der Waals surface area contributed by atoms with Crippen molar-refractivity contribution in [2.75, 3.05) is 13.2 Å². The fraction of sp³-hybridized carbons (Fsp3) is 0.889. The van der Waals surface area contributed by atoms with Crippen molar-refractivity contribution in [3.05, 3.63) is 0 Å². The number of nitrogens with zero attached hydrogens (tertiary/aromatic N) is 1. The highest BCUT2D eigenvalue weighted by molar-refractivity contribution is 5.66. The van der Waals surface area contributed by atoms with Crippen LogP contribution in [0.15, 0.2) is 0 Å². The first-order chi connectivity index (χ1) is 6.29. The van der Waals surface area contributed by atoms with Gasteiger partial charge in [0.25, 0.3) is 0 Å². The number of hydrogen-bond acceptors (Lipinski definition) is 2. The van der Waals surface area contributed by atoms with Crippen LogP contribution in [0.2, 0.25) is 0 Å². The van der Waals surface area contributed by atoms with Gasteiger partial charge in [-0.1, -0.05) is 0 Å². The molecule has 0 spiro atoms. The first kappa shape index (κ1) is 8.81. The maximum absolute atomic E-state index is 11.0. The van der Waals surface area contributed by atoms with E-state index in [2.05, 4.69) is 0 Å². The van der Waals surface area contributed by atoms with Crippen LogP contribution in [-0.4, -0.2) is 41.4 Å². The van der Waals surface area contributed by atoms with Crippen molar-refractivity contribution in [1.29, 1.82) is 0 Å². The van der Waals surface area contributed by atoms with Crippen LogP contribution in [0.1, 0.15) is 25.7 Å². The van der Waals surface area contributed by atoms with E-state index < -0.39 is 6.09 Å². The molecule has 0 radical (unpaired) electrons. The first-order valence-corrected chi connectivity index (χ1v) is 4.88. The van der Waals surface area contributed by atoms with Gasteiger partial charge < -0.3 is 14.7 Å². The summed E-state index contributed by atoms with van der Waals surface area (Å²) in [5, 5.41) is 9.02. The molecule has 0 unspecified atom stereocenters. The van der Waals surface area contributed by atoms with Crippen LogP contribution in [-0.2, 0) is 4.74 Å². The van der Waals surface area contributed by atoms with Crippen molar-refractivity contribution in [3.63, 3.8) is 0 Å². The standard InChI is InChI=1S/C9H15NO3/c11-9(12)10(7-1-2-7)8-3-5-13-6-4-8/h7-8H,1-6H2,(H,11,12). The van der Waals surface area contributed by atoms with Gasteiger partial charge in [-0.25, -0.2) is 4.79 Å². The van der Waals surface area contributed by atoms with Crippen molar-refractivity contribution < 1.29 is 14.6 Å². The number of rotatable bonds is 2. The second kappa shape index (κ2) is 3.54. The Morgan fingerprint density at radius 3 is 2.15 bits per heavy atom. The molecule has 0 bridgehead atoms. The van der Waals surface area contributed by atoms with Gasteiger partial charge in [-0.05, 0) is 25.7 Å². The van der Waals surface area contributed by atoms with Gasteiger partial charge in [-0.3, -0.25) is 0 Å². The molecular weight excluding hydrogens is 170 g/mol. The van der Waals surface area contributed by atoms with E-state index in [4.69, 9.17) is 9.84 Å². The van der Waals surface area contributed by atoms with E-state index in [0.717, 1.165) is 25.7 Å². The predicted octanol–water partition coefficient (Wildman–Crippen LogP) is 1.31. The van der Waals surface area contributed by atoms with Crippen LogP contribution in [0.25, 0.3) is 0 Å². The Morgan fingerprint density at radius 1 is 1.15 bits per heavy atom. The molecule has 4 nitrogen and oxygen atoms in total. The Labute approximate surface area is 77.5 Å². The Bertz CT molecular complexity index is 197. The van der Waals surface area contributed by atoms with Crippen molar-refractivity contribution in [2.45, 2.75) is 37.8 Å². The number of hydrogen-bond donors (Lipinski definition) is 1. The average Bonchev–Trinajstić information content (AvgIpc) is 2.90. The Morgan fingerprint density at radius 2 is 1.69 bits per heavy atom. The molecule has 1 saturated heterocycles. The molecule has 0 aromatic carbocycles. The van der Waals surface area contributed by atoms with E-state index in [1.54, 1.807) is 4.90 Å². The third-order valence-corrected chi connectivity index (χ3v) is 2.75. The van der Waals surface area contributed by atoms with Crippen molar-refractivity contribution in [3.8, 4) is 0 Å². The van der Waals surface area contributed by atoms with Crippen molar-refractivity contribution in [2.24, 2.45) is 0 Å². The first-order valence-electron chi connectivity index (χ1n) is 4.88. The van der Waals surface area contributed by atoms with Crippen LogP contribution in [0.4, 0.5) is 4.79 Å². The molecule has 2 rings (SSSR count). The summed E-state index contributed by atoms with van der Waals surface area (Å²) in [6, 6.07) is 0.513. The summed E-state index contributed by atoms with van der Waals surface area (Å²) in [6.45, 7) is 1.42. The van der Waals surface area contributed by atoms with Gasteiger partial charge in [-0.2, -0.15) is 0 Å². The fourth-order valence-electron chi connectivity index (χ4n) is 1.93. The third kappa shape index (κ3) is 1.94. The molecule has 0 aromatic rings. The normalized spacial score (nSPS) is 24.3. The van der Waals surface area contributed by atoms with E-state index in [1.807, 2.05) is 0 Å². The van der Waals surface area contributed by atoms with Crippen LogP contribution < -0.4 is 0 Å². The monoisotopic (exact) mass is 185 g/mol. The van der Waals surface area contributed by atoms with Crippen LogP contribution in [0, 0.1) is 0 Å². The Hall–Kier alpha value is -0.770. The molecule has 0 atom stereocenters. The van der Waals surface area contributed by atoms with Gasteiger partial charge in [0.1, 0.15) is 0 Å². The van der Waals surface area contributed by atoms with E-state index in [0.29, 0.717) is 19.3 Å². The summed E-state index contributed by atoms with van der Waals surface area (Å²) in [6.07, 6.45) is 3.06. The van der Waals surface area contributed by atoms with E-state index in [1.165, 1.54) is 0 Å². The Balaban J connectivity index is 1.96. The molecule has 13 heavy (non-hydrogen) atoms. The maximum atomic E-state index is 11.0. The van der Waals surface area contributed by atoms with Crippen LogP contribution >= 0.6 is 0 Å². The maximum Gasteiger partial charge on any atom is 0.407 e. The van der Waals surface area contributed by atoms with Gasteiger partial charge in [0.15, 0.2) is 0 Å². The molecular formula is C9H15NO3. The number of carboxylic acid groups (broad SMARTS) is 1. The molecule has 2 aliphatic rings. The van der Waals surface area contributed by atoms with Gasteiger partial charge in [0.05, 0.1) is 0 Å². The number of amides is 1.